The lowest BCUT2D eigenvalue weighted by Gasteiger charge is -2.22. The monoisotopic (exact) mass is 266 g/mol. The molecule has 110 valence electrons. The smallest absolute Gasteiger partial charge is 0.0948 e. The molecular formula is C15H30N4. The number of hydrogen-bond donors (Lipinski definition) is 1. The molecule has 1 heterocycles. The normalized spacial score (nSPS) is 13.4. The Bertz CT molecular complexity index is 342. The maximum Gasteiger partial charge on any atom is 0.0948 e. The number of rotatable bonds is 9. The molecule has 0 spiro atoms. The van der Waals surface area contributed by atoms with Crippen molar-refractivity contribution in [1.82, 2.24) is 14.5 Å². The van der Waals surface area contributed by atoms with E-state index in [9.17, 15) is 0 Å². The van der Waals surface area contributed by atoms with Crippen LogP contribution in [0.5, 0.6) is 0 Å². The zero-order valence-corrected chi connectivity index (χ0v) is 13.0. The van der Waals surface area contributed by atoms with E-state index in [1.165, 1.54) is 12.1 Å². The SMILES string of the molecule is CCN(CC)CCCn1cncc1C(CN)C(C)C. The molecule has 0 aliphatic carbocycles. The van der Waals surface area contributed by atoms with Crippen LogP contribution in [0.4, 0.5) is 0 Å². The van der Waals surface area contributed by atoms with Gasteiger partial charge in [0.2, 0.25) is 0 Å². The highest BCUT2D eigenvalue weighted by Crippen LogP contribution is 2.23. The third-order valence-corrected chi connectivity index (χ3v) is 3.95. The van der Waals surface area contributed by atoms with Crippen LogP contribution in [0.1, 0.15) is 45.7 Å². The van der Waals surface area contributed by atoms with Gasteiger partial charge in [-0.2, -0.15) is 0 Å². The van der Waals surface area contributed by atoms with E-state index in [4.69, 9.17) is 5.73 Å². The van der Waals surface area contributed by atoms with Crippen LogP contribution in [-0.2, 0) is 6.54 Å². The van der Waals surface area contributed by atoms with E-state index in [0.717, 1.165) is 26.2 Å². The summed E-state index contributed by atoms with van der Waals surface area (Å²) in [5, 5.41) is 0. The van der Waals surface area contributed by atoms with E-state index < -0.39 is 0 Å². The summed E-state index contributed by atoms with van der Waals surface area (Å²) < 4.78 is 2.28. The molecular weight excluding hydrogens is 236 g/mol. The molecule has 1 unspecified atom stereocenters. The van der Waals surface area contributed by atoms with Crippen LogP contribution >= 0.6 is 0 Å². The van der Waals surface area contributed by atoms with E-state index >= 15 is 0 Å². The second kappa shape index (κ2) is 8.33. The van der Waals surface area contributed by atoms with Crippen molar-refractivity contribution >= 4 is 0 Å². The van der Waals surface area contributed by atoms with Crippen molar-refractivity contribution in [3.8, 4) is 0 Å². The van der Waals surface area contributed by atoms with Crippen molar-refractivity contribution in [2.75, 3.05) is 26.2 Å². The molecule has 0 aromatic carbocycles. The Hall–Kier alpha value is -0.870. The van der Waals surface area contributed by atoms with Gasteiger partial charge in [0, 0.05) is 30.9 Å². The number of aromatic nitrogens is 2. The van der Waals surface area contributed by atoms with Crippen LogP contribution in [0, 0.1) is 5.92 Å². The van der Waals surface area contributed by atoms with Gasteiger partial charge in [-0.25, -0.2) is 4.98 Å². The first-order valence-electron chi connectivity index (χ1n) is 7.56. The van der Waals surface area contributed by atoms with E-state index in [2.05, 4.69) is 42.1 Å². The molecule has 0 bridgehead atoms. The first kappa shape index (κ1) is 16.2. The van der Waals surface area contributed by atoms with E-state index in [-0.39, 0.29) is 0 Å². The maximum atomic E-state index is 5.90. The Labute approximate surface area is 118 Å². The fourth-order valence-corrected chi connectivity index (χ4v) is 2.57. The van der Waals surface area contributed by atoms with Crippen molar-refractivity contribution < 1.29 is 0 Å². The third-order valence-electron chi connectivity index (χ3n) is 3.95. The van der Waals surface area contributed by atoms with Gasteiger partial charge in [-0.05, 0) is 32.0 Å². The molecule has 0 fully saturated rings. The number of hydrogen-bond acceptors (Lipinski definition) is 3. The predicted molar refractivity (Wildman–Crippen MR) is 81.3 cm³/mol. The van der Waals surface area contributed by atoms with Crippen molar-refractivity contribution in [3.63, 3.8) is 0 Å². The molecule has 4 nitrogen and oxygen atoms in total. The topological polar surface area (TPSA) is 47.1 Å². The average Bonchev–Trinajstić information content (AvgIpc) is 2.83. The quantitative estimate of drug-likeness (QED) is 0.746. The highest BCUT2D eigenvalue weighted by molar-refractivity contribution is 5.08. The lowest BCUT2D eigenvalue weighted by Crippen LogP contribution is -2.25. The van der Waals surface area contributed by atoms with E-state index in [1.54, 1.807) is 0 Å². The van der Waals surface area contributed by atoms with Crippen LogP contribution in [0.25, 0.3) is 0 Å². The highest BCUT2D eigenvalue weighted by Gasteiger charge is 2.17. The Balaban J connectivity index is 2.57. The Morgan fingerprint density at radius 2 is 2.00 bits per heavy atom. The van der Waals surface area contributed by atoms with Gasteiger partial charge >= 0.3 is 0 Å². The molecule has 0 radical (unpaired) electrons. The number of imidazole rings is 1. The Morgan fingerprint density at radius 1 is 1.32 bits per heavy atom. The molecule has 4 heteroatoms. The number of nitrogens with zero attached hydrogens (tertiary/aromatic N) is 3. The van der Waals surface area contributed by atoms with Crippen molar-refractivity contribution in [3.05, 3.63) is 18.2 Å². The molecule has 1 rings (SSSR count). The average molecular weight is 266 g/mol. The second-order valence-electron chi connectivity index (χ2n) is 5.48. The van der Waals surface area contributed by atoms with Crippen molar-refractivity contribution in [1.29, 1.82) is 0 Å². The minimum Gasteiger partial charge on any atom is -0.334 e. The molecule has 0 aliphatic rings. The van der Waals surface area contributed by atoms with Gasteiger partial charge in [-0.3, -0.25) is 0 Å². The van der Waals surface area contributed by atoms with Crippen LogP contribution in [0.2, 0.25) is 0 Å². The molecule has 0 aliphatic heterocycles. The second-order valence-corrected chi connectivity index (χ2v) is 5.48. The first-order chi connectivity index (χ1) is 9.13. The summed E-state index contributed by atoms with van der Waals surface area (Å²) in [5.41, 5.74) is 7.19. The number of aryl methyl sites for hydroxylation is 1. The van der Waals surface area contributed by atoms with Crippen molar-refractivity contribution in [2.24, 2.45) is 11.7 Å². The summed E-state index contributed by atoms with van der Waals surface area (Å²) in [6, 6.07) is 0. The summed E-state index contributed by atoms with van der Waals surface area (Å²) >= 11 is 0. The Morgan fingerprint density at radius 3 is 2.53 bits per heavy atom. The Kier molecular flexibility index (Phi) is 7.10. The van der Waals surface area contributed by atoms with Crippen LogP contribution in [-0.4, -0.2) is 40.6 Å². The summed E-state index contributed by atoms with van der Waals surface area (Å²) in [7, 11) is 0. The van der Waals surface area contributed by atoms with Gasteiger partial charge in [0.25, 0.3) is 0 Å². The molecule has 1 aromatic rings. The zero-order valence-electron chi connectivity index (χ0n) is 13.0. The standard InChI is InChI=1S/C15H30N4/c1-5-18(6-2)8-7-9-19-12-17-11-15(19)14(10-16)13(3)4/h11-14H,5-10,16H2,1-4H3. The summed E-state index contributed by atoms with van der Waals surface area (Å²) in [4.78, 5) is 6.76. The number of nitrogens with two attached hydrogens (primary N) is 1. The minimum absolute atomic E-state index is 0.413. The van der Waals surface area contributed by atoms with E-state index in [1.807, 2.05) is 12.5 Å². The molecule has 1 aromatic heterocycles. The van der Waals surface area contributed by atoms with Gasteiger partial charge in [-0.1, -0.05) is 27.7 Å². The maximum absolute atomic E-state index is 5.90. The van der Waals surface area contributed by atoms with Gasteiger partial charge in [0.1, 0.15) is 0 Å². The molecule has 1 atom stereocenters. The lowest BCUT2D eigenvalue weighted by molar-refractivity contribution is 0.292. The summed E-state index contributed by atoms with van der Waals surface area (Å²) in [6.45, 7) is 14.0. The largest absolute Gasteiger partial charge is 0.334 e. The van der Waals surface area contributed by atoms with Crippen LogP contribution in [0.15, 0.2) is 12.5 Å². The van der Waals surface area contributed by atoms with Crippen LogP contribution < -0.4 is 5.73 Å². The fourth-order valence-electron chi connectivity index (χ4n) is 2.57. The van der Waals surface area contributed by atoms with Gasteiger partial charge in [0.05, 0.1) is 6.33 Å². The van der Waals surface area contributed by atoms with Gasteiger partial charge in [0.15, 0.2) is 0 Å². The van der Waals surface area contributed by atoms with Gasteiger partial charge in [-0.15, -0.1) is 0 Å². The molecule has 0 amide bonds. The van der Waals surface area contributed by atoms with Crippen LogP contribution in [0.3, 0.4) is 0 Å². The fraction of sp³-hybridized carbons (Fsp3) is 0.800. The summed E-state index contributed by atoms with van der Waals surface area (Å²) in [5.74, 6) is 0.971. The molecule has 19 heavy (non-hydrogen) atoms. The highest BCUT2D eigenvalue weighted by atomic mass is 15.1. The minimum atomic E-state index is 0.413. The third kappa shape index (κ3) is 4.62. The molecule has 2 N–H and O–H groups in total. The van der Waals surface area contributed by atoms with Crippen molar-refractivity contribution in [2.45, 2.75) is 46.6 Å². The predicted octanol–water partition coefficient (Wildman–Crippen LogP) is 2.31. The zero-order chi connectivity index (χ0) is 14.3. The molecule has 0 saturated carbocycles. The van der Waals surface area contributed by atoms with Gasteiger partial charge < -0.3 is 15.2 Å². The first-order valence-corrected chi connectivity index (χ1v) is 7.56. The van der Waals surface area contributed by atoms with E-state index in [0.29, 0.717) is 18.4 Å². The molecule has 0 saturated heterocycles. The lowest BCUT2D eigenvalue weighted by atomic mass is 9.93. The summed E-state index contributed by atoms with van der Waals surface area (Å²) in [6.07, 6.45) is 5.10.